The molecule has 4 nitrogen and oxygen atoms in total. The van der Waals surface area contributed by atoms with Crippen LogP contribution in [0.2, 0.25) is 15.1 Å². The van der Waals surface area contributed by atoms with E-state index in [4.69, 9.17) is 34.8 Å². The number of halogens is 9. The first-order chi connectivity index (χ1) is 12.3. The summed E-state index contributed by atoms with van der Waals surface area (Å²) in [4.78, 5) is 15.2. The van der Waals surface area contributed by atoms with Crippen LogP contribution in [-0.2, 0) is 12.4 Å². The van der Waals surface area contributed by atoms with E-state index in [0.717, 1.165) is 6.20 Å². The third-order valence-corrected chi connectivity index (χ3v) is 4.05. The second-order valence-corrected chi connectivity index (χ2v) is 6.08. The van der Waals surface area contributed by atoms with Crippen LogP contribution < -0.4 is 10.9 Å². The van der Waals surface area contributed by atoms with Crippen LogP contribution in [0.25, 0.3) is 6.20 Å². The van der Waals surface area contributed by atoms with Crippen molar-refractivity contribution in [3.63, 3.8) is 0 Å². The van der Waals surface area contributed by atoms with Crippen molar-refractivity contribution in [2.45, 2.75) is 12.4 Å². The van der Waals surface area contributed by atoms with Crippen LogP contribution in [0.3, 0.4) is 0 Å². The van der Waals surface area contributed by atoms with E-state index in [1.807, 2.05) is 0 Å². The van der Waals surface area contributed by atoms with Crippen LogP contribution in [0, 0.1) is 0 Å². The predicted octanol–water partition coefficient (Wildman–Crippen LogP) is 6.09. The minimum atomic E-state index is -5.07. The lowest BCUT2D eigenvalue weighted by atomic mass is 10.2. The highest BCUT2D eigenvalue weighted by molar-refractivity contribution is 6.39. The van der Waals surface area contributed by atoms with Gasteiger partial charge in [0.1, 0.15) is 5.02 Å². The molecule has 27 heavy (non-hydrogen) atoms. The molecule has 146 valence electrons. The molecular weight excluding hydrogens is 447 g/mol. The smallest absolute Gasteiger partial charge is 0.323 e. The van der Waals surface area contributed by atoms with Gasteiger partial charge in [-0.1, -0.05) is 41.4 Å². The highest BCUT2D eigenvalue weighted by Gasteiger charge is 2.38. The molecule has 0 saturated heterocycles. The van der Waals surface area contributed by atoms with Crippen LogP contribution in [0.15, 0.2) is 23.5 Å². The molecule has 1 aromatic carbocycles. The van der Waals surface area contributed by atoms with Gasteiger partial charge in [0, 0.05) is 6.20 Å². The van der Waals surface area contributed by atoms with Crippen LogP contribution in [-0.4, -0.2) is 9.55 Å². The van der Waals surface area contributed by atoms with Gasteiger partial charge in [-0.2, -0.15) is 26.3 Å². The minimum absolute atomic E-state index is 0.399. The fraction of sp³-hybridized carbons (Fsp3) is 0.143. The van der Waals surface area contributed by atoms with E-state index in [2.05, 4.69) is 16.9 Å². The molecule has 0 aliphatic heterocycles. The molecule has 0 bridgehead atoms. The summed E-state index contributed by atoms with van der Waals surface area (Å²) in [5.74, 6) is -0.754. The monoisotopic (exact) mass is 451 g/mol. The first-order valence-electron chi connectivity index (χ1n) is 6.62. The van der Waals surface area contributed by atoms with Crippen molar-refractivity contribution >= 4 is 52.6 Å². The van der Waals surface area contributed by atoms with Crippen molar-refractivity contribution in [2.75, 3.05) is 5.32 Å². The zero-order valence-electron chi connectivity index (χ0n) is 12.6. The van der Waals surface area contributed by atoms with Crippen molar-refractivity contribution in [2.24, 2.45) is 0 Å². The normalized spacial score (nSPS) is 12.2. The Morgan fingerprint density at radius 2 is 1.56 bits per heavy atom. The molecule has 0 atom stereocenters. The number of alkyl halides is 6. The standard InChI is InChI=1S/C14H6Cl3F6N3O/c1-2-26-11(27)8(17)10(14(21,22)23)25-12(26)24-9-6(15)3-5(4-7(9)16)13(18,19)20/h2-4H,1H2,(H,24,25). The van der Waals surface area contributed by atoms with E-state index >= 15 is 0 Å². The number of aromatic nitrogens is 2. The molecule has 2 rings (SSSR count). The summed E-state index contributed by atoms with van der Waals surface area (Å²) in [6, 6.07) is 1.01. The Bertz CT molecular complexity index is 945. The van der Waals surface area contributed by atoms with Gasteiger partial charge >= 0.3 is 12.4 Å². The number of rotatable bonds is 3. The van der Waals surface area contributed by atoms with E-state index in [1.165, 1.54) is 0 Å². The molecule has 1 N–H and O–H groups in total. The third-order valence-electron chi connectivity index (χ3n) is 3.12. The SMILES string of the molecule is C=Cn1c(Nc2c(Cl)cc(C(F)(F)F)cc2Cl)nc(C(F)(F)F)c(Cl)c1=O. The van der Waals surface area contributed by atoms with Gasteiger partial charge in [0.25, 0.3) is 5.56 Å². The summed E-state index contributed by atoms with van der Waals surface area (Å²) in [7, 11) is 0. The van der Waals surface area contributed by atoms with E-state index in [9.17, 15) is 31.1 Å². The van der Waals surface area contributed by atoms with E-state index in [1.54, 1.807) is 0 Å². The van der Waals surface area contributed by atoms with E-state index in [-0.39, 0.29) is 0 Å². The molecule has 2 aromatic rings. The maximum atomic E-state index is 13.0. The topological polar surface area (TPSA) is 46.9 Å². The Kier molecular flexibility index (Phi) is 5.74. The Morgan fingerprint density at radius 1 is 1.04 bits per heavy atom. The number of nitrogens with zero attached hydrogens (tertiary/aromatic N) is 2. The van der Waals surface area contributed by atoms with Gasteiger partial charge in [-0.25, -0.2) is 4.98 Å². The number of nitrogens with one attached hydrogen (secondary N) is 1. The van der Waals surface area contributed by atoms with E-state index < -0.39 is 55.9 Å². The molecular formula is C14H6Cl3F6N3O. The summed E-state index contributed by atoms with van der Waals surface area (Å²) in [5, 5.41) is -0.134. The van der Waals surface area contributed by atoms with Crippen LogP contribution in [0.5, 0.6) is 0 Å². The molecule has 0 saturated carbocycles. The van der Waals surface area contributed by atoms with Crippen molar-refractivity contribution in [1.82, 2.24) is 9.55 Å². The van der Waals surface area contributed by atoms with Crippen LogP contribution in [0.1, 0.15) is 11.3 Å². The highest BCUT2D eigenvalue weighted by Crippen LogP contribution is 2.40. The molecule has 0 aliphatic rings. The second kappa shape index (κ2) is 7.25. The Morgan fingerprint density at radius 3 is 1.96 bits per heavy atom. The molecule has 1 heterocycles. The van der Waals surface area contributed by atoms with Gasteiger partial charge in [-0.3, -0.25) is 9.36 Å². The van der Waals surface area contributed by atoms with Crippen molar-refractivity contribution in [1.29, 1.82) is 0 Å². The molecule has 0 fully saturated rings. The number of hydrogen-bond acceptors (Lipinski definition) is 3. The summed E-state index contributed by atoms with van der Waals surface area (Å²) < 4.78 is 77.8. The van der Waals surface area contributed by atoms with Gasteiger partial charge in [0.05, 0.1) is 21.3 Å². The first kappa shape index (κ1) is 21.4. The second-order valence-electron chi connectivity index (χ2n) is 4.89. The Labute approximate surface area is 162 Å². The lowest BCUT2D eigenvalue weighted by Crippen LogP contribution is -2.25. The van der Waals surface area contributed by atoms with Crippen LogP contribution >= 0.6 is 34.8 Å². The Balaban J connectivity index is 2.66. The van der Waals surface area contributed by atoms with Gasteiger partial charge in [0.2, 0.25) is 5.95 Å². The van der Waals surface area contributed by atoms with Crippen LogP contribution in [0.4, 0.5) is 38.0 Å². The lowest BCUT2D eigenvalue weighted by Gasteiger charge is -2.17. The van der Waals surface area contributed by atoms with Crippen molar-refractivity contribution in [3.05, 3.63) is 55.4 Å². The molecule has 0 aliphatic carbocycles. The lowest BCUT2D eigenvalue weighted by molar-refractivity contribution is -0.141. The fourth-order valence-electron chi connectivity index (χ4n) is 1.93. The summed E-state index contributed by atoms with van der Waals surface area (Å²) in [6.45, 7) is 3.25. The minimum Gasteiger partial charge on any atom is -0.323 e. The number of anilines is 2. The molecule has 1 aromatic heterocycles. The first-order valence-corrected chi connectivity index (χ1v) is 7.75. The largest absolute Gasteiger partial charge is 0.435 e. The summed E-state index contributed by atoms with van der Waals surface area (Å²) >= 11 is 16.9. The van der Waals surface area contributed by atoms with Crippen molar-refractivity contribution in [3.8, 4) is 0 Å². The average molecular weight is 453 g/mol. The quantitative estimate of drug-likeness (QED) is 0.574. The summed E-state index contributed by atoms with van der Waals surface area (Å²) in [5.41, 5.74) is -4.59. The average Bonchev–Trinajstić information content (AvgIpc) is 2.51. The predicted molar refractivity (Wildman–Crippen MR) is 89.6 cm³/mol. The molecule has 0 spiro atoms. The van der Waals surface area contributed by atoms with Gasteiger partial charge in [-0.15, -0.1) is 0 Å². The fourth-order valence-corrected chi connectivity index (χ4v) is 2.75. The molecule has 13 heteroatoms. The molecule has 0 amide bonds. The van der Waals surface area contributed by atoms with Gasteiger partial charge in [0.15, 0.2) is 5.69 Å². The van der Waals surface area contributed by atoms with E-state index in [0.29, 0.717) is 16.7 Å². The third kappa shape index (κ3) is 4.33. The Hall–Kier alpha value is -1.91. The van der Waals surface area contributed by atoms with Gasteiger partial charge < -0.3 is 5.32 Å². The van der Waals surface area contributed by atoms with Gasteiger partial charge in [-0.05, 0) is 12.1 Å². The maximum absolute atomic E-state index is 13.0. The summed E-state index contributed by atoms with van der Waals surface area (Å²) in [6.07, 6.45) is -9.02. The zero-order valence-corrected chi connectivity index (χ0v) is 14.9. The number of hydrogen-bond donors (Lipinski definition) is 1. The molecule has 0 unspecified atom stereocenters. The number of benzene rings is 1. The maximum Gasteiger partial charge on any atom is 0.435 e. The zero-order chi connectivity index (χ0) is 20.7. The van der Waals surface area contributed by atoms with Crippen molar-refractivity contribution < 1.29 is 26.3 Å². The highest BCUT2D eigenvalue weighted by atomic mass is 35.5. The molecule has 0 radical (unpaired) electrons.